The normalized spacial score (nSPS) is 10.7. The van der Waals surface area contributed by atoms with Gasteiger partial charge in [0.2, 0.25) is 5.91 Å². The SMILES string of the molecule is CCCCCCCOc1cccc(NC(=O)CNc2ccc(OCCC(C)C)cc2)c1. The van der Waals surface area contributed by atoms with Crippen LogP contribution in [0.1, 0.15) is 59.3 Å². The van der Waals surface area contributed by atoms with Gasteiger partial charge < -0.3 is 20.1 Å². The van der Waals surface area contributed by atoms with Gasteiger partial charge in [0, 0.05) is 17.4 Å². The molecule has 0 saturated heterocycles. The smallest absolute Gasteiger partial charge is 0.243 e. The lowest BCUT2D eigenvalue weighted by molar-refractivity contribution is -0.114. The molecule has 170 valence electrons. The van der Waals surface area contributed by atoms with Crippen LogP contribution in [0.2, 0.25) is 0 Å². The number of unbranched alkanes of at least 4 members (excludes halogenated alkanes) is 4. The lowest BCUT2D eigenvalue weighted by Gasteiger charge is -2.11. The lowest BCUT2D eigenvalue weighted by Crippen LogP contribution is -2.21. The highest BCUT2D eigenvalue weighted by molar-refractivity contribution is 5.93. The van der Waals surface area contributed by atoms with Crippen LogP contribution in [-0.2, 0) is 4.79 Å². The summed E-state index contributed by atoms with van der Waals surface area (Å²) in [7, 11) is 0. The molecule has 0 aromatic heterocycles. The Hall–Kier alpha value is -2.69. The number of hydrogen-bond acceptors (Lipinski definition) is 4. The molecule has 0 saturated carbocycles. The standard InChI is InChI=1S/C26H38N2O3/c1-4-5-6-7-8-17-30-25-11-9-10-23(19-25)28-26(29)20-27-22-12-14-24(15-13-22)31-18-16-21(2)3/h9-15,19,21,27H,4-8,16-18,20H2,1-3H3,(H,28,29). The van der Waals surface area contributed by atoms with Gasteiger partial charge in [0.05, 0.1) is 19.8 Å². The summed E-state index contributed by atoms with van der Waals surface area (Å²) in [5.74, 6) is 2.16. The molecule has 0 spiro atoms. The molecule has 31 heavy (non-hydrogen) atoms. The quantitative estimate of drug-likeness (QED) is 0.319. The number of carbonyl (C=O) groups excluding carboxylic acids is 1. The van der Waals surface area contributed by atoms with Gasteiger partial charge in [0.15, 0.2) is 0 Å². The third-order valence-electron chi connectivity index (χ3n) is 4.91. The molecule has 0 heterocycles. The minimum absolute atomic E-state index is 0.103. The van der Waals surface area contributed by atoms with Crippen molar-refractivity contribution >= 4 is 17.3 Å². The summed E-state index contributed by atoms with van der Waals surface area (Å²) in [5.41, 5.74) is 1.62. The number of ether oxygens (including phenoxy) is 2. The molecule has 2 N–H and O–H groups in total. The Morgan fingerprint density at radius 2 is 1.61 bits per heavy atom. The molecule has 1 amide bonds. The predicted molar refractivity (Wildman–Crippen MR) is 129 cm³/mol. The van der Waals surface area contributed by atoms with Gasteiger partial charge >= 0.3 is 0 Å². The van der Waals surface area contributed by atoms with Crippen molar-refractivity contribution in [2.75, 3.05) is 30.4 Å². The predicted octanol–water partition coefficient (Wildman–Crippen LogP) is 6.51. The van der Waals surface area contributed by atoms with Crippen LogP contribution in [0.15, 0.2) is 48.5 Å². The van der Waals surface area contributed by atoms with Gasteiger partial charge in [-0.05, 0) is 55.2 Å². The summed E-state index contributed by atoms with van der Waals surface area (Å²) in [6.45, 7) is 8.19. The number of amides is 1. The molecule has 0 unspecified atom stereocenters. The third-order valence-corrected chi connectivity index (χ3v) is 4.91. The van der Waals surface area contributed by atoms with Gasteiger partial charge in [-0.3, -0.25) is 4.79 Å². The fraction of sp³-hybridized carbons (Fsp3) is 0.500. The molecule has 2 rings (SSSR count). The fourth-order valence-electron chi connectivity index (χ4n) is 3.03. The molecule has 0 bridgehead atoms. The van der Waals surface area contributed by atoms with Crippen molar-refractivity contribution in [2.24, 2.45) is 5.92 Å². The number of benzene rings is 2. The first kappa shape index (κ1) is 24.6. The van der Waals surface area contributed by atoms with E-state index in [-0.39, 0.29) is 12.5 Å². The minimum Gasteiger partial charge on any atom is -0.494 e. The average molecular weight is 427 g/mol. The molecular formula is C26H38N2O3. The minimum atomic E-state index is -0.103. The first-order valence-electron chi connectivity index (χ1n) is 11.6. The summed E-state index contributed by atoms with van der Waals surface area (Å²) in [4.78, 5) is 12.3. The van der Waals surface area contributed by atoms with E-state index in [2.05, 4.69) is 31.4 Å². The average Bonchev–Trinajstić information content (AvgIpc) is 2.76. The van der Waals surface area contributed by atoms with E-state index in [0.717, 1.165) is 35.7 Å². The Balaban J connectivity index is 1.70. The van der Waals surface area contributed by atoms with E-state index in [1.54, 1.807) is 0 Å². The highest BCUT2D eigenvalue weighted by Gasteiger charge is 2.04. The second kappa shape index (κ2) is 14.3. The van der Waals surface area contributed by atoms with E-state index >= 15 is 0 Å². The molecule has 2 aromatic carbocycles. The first-order chi connectivity index (χ1) is 15.1. The Bertz CT molecular complexity index is 760. The van der Waals surface area contributed by atoms with Gasteiger partial charge in [0.25, 0.3) is 0 Å². The summed E-state index contributed by atoms with van der Waals surface area (Å²) in [6.07, 6.45) is 7.08. The van der Waals surface area contributed by atoms with E-state index in [1.807, 2.05) is 48.5 Å². The van der Waals surface area contributed by atoms with E-state index in [4.69, 9.17) is 9.47 Å². The van der Waals surface area contributed by atoms with Gasteiger partial charge in [0.1, 0.15) is 11.5 Å². The second-order valence-electron chi connectivity index (χ2n) is 8.25. The topological polar surface area (TPSA) is 59.6 Å². The zero-order valence-corrected chi connectivity index (χ0v) is 19.3. The van der Waals surface area contributed by atoms with Gasteiger partial charge in [-0.15, -0.1) is 0 Å². The molecule has 0 aliphatic carbocycles. The summed E-state index contributed by atoms with van der Waals surface area (Å²) < 4.78 is 11.5. The van der Waals surface area contributed by atoms with Crippen molar-refractivity contribution < 1.29 is 14.3 Å². The third kappa shape index (κ3) is 10.8. The highest BCUT2D eigenvalue weighted by Crippen LogP contribution is 2.19. The maximum absolute atomic E-state index is 12.3. The molecular weight excluding hydrogens is 388 g/mol. The number of hydrogen-bond donors (Lipinski definition) is 2. The first-order valence-corrected chi connectivity index (χ1v) is 11.6. The van der Waals surface area contributed by atoms with Crippen molar-refractivity contribution in [1.82, 2.24) is 0 Å². The van der Waals surface area contributed by atoms with Gasteiger partial charge in [-0.2, -0.15) is 0 Å². The highest BCUT2D eigenvalue weighted by atomic mass is 16.5. The van der Waals surface area contributed by atoms with Crippen LogP contribution in [0.3, 0.4) is 0 Å². The maximum atomic E-state index is 12.3. The van der Waals surface area contributed by atoms with Crippen molar-refractivity contribution in [3.8, 4) is 11.5 Å². The summed E-state index contributed by atoms with van der Waals surface area (Å²) in [6, 6.07) is 15.2. The lowest BCUT2D eigenvalue weighted by atomic mass is 10.1. The summed E-state index contributed by atoms with van der Waals surface area (Å²) in [5, 5.41) is 6.06. The molecule has 5 nitrogen and oxygen atoms in total. The van der Waals surface area contributed by atoms with Crippen LogP contribution < -0.4 is 20.1 Å². The zero-order valence-electron chi connectivity index (χ0n) is 19.3. The molecule has 2 aromatic rings. The second-order valence-corrected chi connectivity index (χ2v) is 8.25. The number of nitrogens with one attached hydrogen (secondary N) is 2. The van der Waals surface area contributed by atoms with Crippen LogP contribution >= 0.6 is 0 Å². The summed E-state index contributed by atoms with van der Waals surface area (Å²) >= 11 is 0. The van der Waals surface area contributed by atoms with Crippen LogP contribution in [0.5, 0.6) is 11.5 Å². The van der Waals surface area contributed by atoms with E-state index in [1.165, 1.54) is 25.7 Å². The Labute approximate surface area is 187 Å². The largest absolute Gasteiger partial charge is 0.494 e. The van der Waals surface area contributed by atoms with E-state index < -0.39 is 0 Å². The van der Waals surface area contributed by atoms with Crippen LogP contribution in [0.4, 0.5) is 11.4 Å². The van der Waals surface area contributed by atoms with E-state index in [9.17, 15) is 4.79 Å². The zero-order chi connectivity index (χ0) is 22.3. The van der Waals surface area contributed by atoms with Crippen molar-refractivity contribution in [3.05, 3.63) is 48.5 Å². The monoisotopic (exact) mass is 426 g/mol. The molecule has 0 atom stereocenters. The number of anilines is 2. The fourth-order valence-corrected chi connectivity index (χ4v) is 3.03. The van der Waals surface area contributed by atoms with Crippen molar-refractivity contribution in [3.63, 3.8) is 0 Å². The Kier molecular flexibility index (Phi) is 11.4. The Morgan fingerprint density at radius 1 is 0.871 bits per heavy atom. The molecule has 0 aliphatic rings. The number of carbonyl (C=O) groups is 1. The number of rotatable bonds is 15. The molecule has 5 heteroatoms. The van der Waals surface area contributed by atoms with Crippen LogP contribution in [0.25, 0.3) is 0 Å². The molecule has 0 aliphatic heterocycles. The van der Waals surface area contributed by atoms with Crippen molar-refractivity contribution in [1.29, 1.82) is 0 Å². The van der Waals surface area contributed by atoms with Gasteiger partial charge in [-0.25, -0.2) is 0 Å². The van der Waals surface area contributed by atoms with Crippen molar-refractivity contribution in [2.45, 2.75) is 59.3 Å². The Morgan fingerprint density at radius 3 is 2.35 bits per heavy atom. The molecule has 0 fully saturated rings. The van der Waals surface area contributed by atoms with E-state index in [0.29, 0.717) is 19.1 Å². The van der Waals surface area contributed by atoms with Crippen LogP contribution in [0, 0.1) is 5.92 Å². The van der Waals surface area contributed by atoms with Crippen LogP contribution in [-0.4, -0.2) is 25.7 Å². The molecule has 0 radical (unpaired) electrons. The van der Waals surface area contributed by atoms with Gasteiger partial charge in [-0.1, -0.05) is 52.5 Å². The maximum Gasteiger partial charge on any atom is 0.243 e.